The van der Waals surface area contributed by atoms with Gasteiger partial charge in [0.2, 0.25) is 5.91 Å². The van der Waals surface area contributed by atoms with E-state index in [4.69, 9.17) is 0 Å². The van der Waals surface area contributed by atoms with Gasteiger partial charge in [0.05, 0.1) is 0 Å². The fourth-order valence-corrected chi connectivity index (χ4v) is 2.52. The Hall–Kier alpha value is -1.64. The molecule has 3 nitrogen and oxygen atoms in total. The Bertz CT molecular complexity index is 494. The summed E-state index contributed by atoms with van der Waals surface area (Å²) in [7, 11) is 0. The number of hydrogen-bond donors (Lipinski definition) is 1. The highest BCUT2D eigenvalue weighted by Crippen LogP contribution is 2.11. The molecule has 0 aliphatic heterocycles. The summed E-state index contributed by atoms with van der Waals surface area (Å²) in [5.41, 5.74) is 1.70. The number of benzene rings is 1. The van der Waals surface area contributed by atoms with E-state index >= 15 is 0 Å². The highest BCUT2D eigenvalue weighted by molar-refractivity contribution is 5.97. The third kappa shape index (κ3) is 7.96. The molecule has 0 aliphatic carbocycles. The van der Waals surface area contributed by atoms with Crippen LogP contribution in [0, 0.1) is 5.92 Å². The minimum Gasteiger partial charge on any atom is -0.352 e. The van der Waals surface area contributed by atoms with Crippen molar-refractivity contribution < 1.29 is 9.59 Å². The molecule has 0 saturated carbocycles. The molecule has 0 aromatic heterocycles. The van der Waals surface area contributed by atoms with E-state index in [1.807, 2.05) is 38.1 Å². The smallest absolute Gasteiger partial charge is 0.220 e. The van der Waals surface area contributed by atoms with Crippen molar-refractivity contribution in [1.29, 1.82) is 0 Å². The van der Waals surface area contributed by atoms with Crippen molar-refractivity contribution >= 4 is 11.7 Å². The molecule has 1 amide bonds. The topological polar surface area (TPSA) is 46.2 Å². The average molecular weight is 317 g/mol. The van der Waals surface area contributed by atoms with Crippen LogP contribution in [0.15, 0.2) is 24.3 Å². The highest BCUT2D eigenvalue weighted by Gasteiger charge is 2.10. The quantitative estimate of drug-likeness (QED) is 0.466. The minimum atomic E-state index is -0.00690. The van der Waals surface area contributed by atoms with E-state index in [-0.39, 0.29) is 17.6 Å². The number of unbranched alkanes of at least 4 members (excludes halogenated alkanes) is 5. The Balaban J connectivity index is 2.30. The first-order valence-electron chi connectivity index (χ1n) is 8.94. The zero-order valence-electron chi connectivity index (χ0n) is 14.9. The molecular formula is C20H31NO2. The molecule has 1 aromatic carbocycles. The number of nitrogens with one attached hydrogen (secondary N) is 1. The second-order valence-electron chi connectivity index (χ2n) is 6.51. The van der Waals surface area contributed by atoms with Crippen LogP contribution in [0.25, 0.3) is 0 Å². The summed E-state index contributed by atoms with van der Waals surface area (Å²) < 4.78 is 0. The lowest BCUT2D eigenvalue weighted by Gasteiger charge is -2.08. The predicted octanol–water partition coefficient (Wildman–Crippen LogP) is 4.89. The maximum absolute atomic E-state index is 12.0. The second-order valence-corrected chi connectivity index (χ2v) is 6.51. The fourth-order valence-electron chi connectivity index (χ4n) is 2.52. The van der Waals surface area contributed by atoms with Crippen LogP contribution in [0.5, 0.6) is 0 Å². The largest absolute Gasteiger partial charge is 0.352 e. The summed E-state index contributed by atoms with van der Waals surface area (Å²) in [6.45, 7) is 6.50. The van der Waals surface area contributed by atoms with Gasteiger partial charge < -0.3 is 5.32 Å². The van der Waals surface area contributed by atoms with Crippen LogP contribution in [0.4, 0.5) is 0 Å². The number of carbonyl (C=O) groups is 2. The molecular weight excluding hydrogens is 286 g/mol. The Morgan fingerprint density at radius 2 is 1.74 bits per heavy atom. The van der Waals surface area contributed by atoms with Gasteiger partial charge in [0, 0.05) is 24.4 Å². The first kappa shape index (κ1) is 19.4. The van der Waals surface area contributed by atoms with Crippen molar-refractivity contribution in [2.24, 2.45) is 5.92 Å². The molecule has 3 heteroatoms. The highest BCUT2D eigenvalue weighted by atomic mass is 16.1. The van der Waals surface area contributed by atoms with Crippen LogP contribution < -0.4 is 5.32 Å². The van der Waals surface area contributed by atoms with Crippen LogP contribution in [0.1, 0.15) is 81.6 Å². The molecule has 0 fully saturated rings. The lowest BCUT2D eigenvalue weighted by Crippen LogP contribution is -2.22. The van der Waals surface area contributed by atoms with Gasteiger partial charge in [0.25, 0.3) is 0 Å². The first-order chi connectivity index (χ1) is 11.0. The molecule has 0 saturated heterocycles. The summed E-state index contributed by atoms with van der Waals surface area (Å²) in [6.07, 6.45) is 7.72. The van der Waals surface area contributed by atoms with Crippen LogP contribution in [-0.2, 0) is 11.3 Å². The van der Waals surface area contributed by atoms with Gasteiger partial charge in [-0.3, -0.25) is 9.59 Å². The van der Waals surface area contributed by atoms with Crippen molar-refractivity contribution in [2.45, 2.75) is 72.3 Å². The third-order valence-corrected chi connectivity index (χ3v) is 3.98. The number of ketones is 1. The molecule has 0 radical (unpaired) electrons. The van der Waals surface area contributed by atoms with Crippen molar-refractivity contribution in [3.05, 3.63) is 35.4 Å². The Labute approximate surface area is 140 Å². The molecule has 0 aliphatic rings. The molecule has 0 atom stereocenters. The van der Waals surface area contributed by atoms with Gasteiger partial charge in [0.1, 0.15) is 0 Å². The first-order valence-corrected chi connectivity index (χ1v) is 8.94. The molecule has 23 heavy (non-hydrogen) atoms. The summed E-state index contributed by atoms with van der Waals surface area (Å²) in [4.78, 5) is 23.9. The van der Waals surface area contributed by atoms with Gasteiger partial charge in [-0.1, -0.05) is 71.1 Å². The van der Waals surface area contributed by atoms with Crippen molar-refractivity contribution in [3.8, 4) is 0 Å². The normalized spacial score (nSPS) is 10.8. The van der Waals surface area contributed by atoms with Gasteiger partial charge in [-0.05, 0) is 18.1 Å². The zero-order valence-corrected chi connectivity index (χ0v) is 14.9. The summed E-state index contributed by atoms with van der Waals surface area (Å²) in [5.74, 6) is 0.235. The molecule has 0 heterocycles. The lowest BCUT2D eigenvalue weighted by molar-refractivity contribution is -0.121. The van der Waals surface area contributed by atoms with Gasteiger partial charge in [0.15, 0.2) is 5.78 Å². The van der Waals surface area contributed by atoms with Gasteiger partial charge >= 0.3 is 0 Å². The third-order valence-electron chi connectivity index (χ3n) is 3.98. The van der Waals surface area contributed by atoms with Crippen molar-refractivity contribution in [2.75, 3.05) is 0 Å². The number of rotatable bonds is 11. The Morgan fingerprint density at radius 3 is 2.43 bits per heavy atom. The van der Waals surface area contributed by atoms with Crippen LogP contribution in [0.2, 0.25) is 0 Å². The molecule has 1 rings (SSSR count). The molecule has 0 bridgehead atoms. The van der Waals surface area contributed by atoms with Crippen molar-refractivity contribution in [1.82, 2.24) is 5.32 Å². The fraction of sp³-hybridized carbons (Fsp3) is 0.600. The predicted molar refractivity (Wildman–Crippen MR) is 95.5 cm³/mol. The van der Waals surface area contributed by atoms with E-state index < -0.39 is 0 Å². The van der Waals surface area contributed by atoms with Crippen LogP contribution >= 0.6 is 0 Å². The van der Waals surface area contributed by atoms with E-state index in [9.17, 15) is 9.59 Å². The van der Waals surface area contributed by atoms with Gasteiger partial charge in [-0.25, -0.2) is 0 Å². The van der Waals surface area contributed by atoms with Gasteiger partial charge in [-0.2, -0.15) is 0 Å². The average Bonchev–Trinajstić information content (AvgIpc) is 2.55. The Morgan fingerprint density at radius 1 is 1.04 bits per heavy atom. The van der Waals surface area contributed by atoms with Gasteiger partial charge in [-0.15, -0.1) is 0 Å². The lowest BCUT2D eigenvalue weighted by atomic mass is 9.99. The van der Waals surface area contributed by atoms with E-state index in [0.717, 1.165) is 24.0 Å². The maximum atomic E-state index is 12.0. The van der Waals surface area contributed by atoms with E-state index in [1.165, 1.54) is 25.7 Å². The molecule has 0 unspecified atom stereocenters. The molecule has 128 valence electrons. The summed E-state index contributed by atoms with van der Waals surface area (Å²) >= 11 is 0. The number of carbonyl (C=O) groups excluding carboxylic acids is 2. The summed E-state index contributed by atoms with van der Waals surface area (Å²) in [6, 6.07) is 7.55. The minimum absolute atomic E-state index is 0.00690. The maximum Gasteiger partial charge on any atom is 0.220 e. The summed E-state index contributed by atoms with van der Waals surface area (Å²) in [5, 5.41) is 2.95. The SMILES string of the molecule is CCCCCCCCC(=O)NCc1cccc(C(=O)C(C)C)c1. The van der Waals surface area contributed by atoms with Crippen LogP contribution in [-0.4, -0.2) is 11.7 Å². The Kier molecular flexibility index (Phi) is 9.27. The van der Waals surface area contributed by atoms with E-state index in [2.05, 4.69) is 12.2 Å². The second kappa shape index (κ2) is 11.0. The molecule has 1 aromatic rings. The number of Topliss-reactive ketones (excluding diaryl/α,β-unsaturated/α-hetero) is 1. The molecule has 1 N–H and O–H groups in total. The standard InChI is InChI=1S/C20H31NO2/c1-4-5-6-7-8-9-13-19(22)21-15-17-11-10-12-18(14-17)20(23)16(2)3/h10-12,14,16H,4-9,13,15H2,1-3H3,(H,21,22). The number of hydrogen-bond acceptors (Lipinski definition) is 2. The van der Waals surface area contributed by atoms with E-state index in [0.29, 0.717) is 13.0 Å². The molecule has 0 spiro atoms. The van der Waals surface area contributed by atoms with E-state index in [1.54, 1.807) is 0 Å². The monoisotopic (exact) mass is 317 g/mol. The number of amides is 1. The van der Waals surface area contributed by atoms with Crippen molar-refractivity contribution in [3.63, 3.8) is 0 Å². The zero-order chi connectivity index (χ0) is 17.1. The van der Waals surface area contributed by atoms with Crippen LogP contribution in [0.3, 0.4) is 0 Å².